The van der Waals surface area contributed by atoms with Crippen LogP contribution in [0, 0.1) is 0 Å². The average Bonchev–Trinajstić information content (AvgIpc) is 2.56. The van der Waals surface area contributed by atoms with Crippen LogP contribution in [-0.2, 0) is 14.3 Å². The topological polar surface area (TPSA) is 97.5 Å². The lowest BCUT2D eigenvalue weighted by molar-refractivity contribution is -0.140. The molecule has 0 bridgehead atoms. The molecule has 0 aromatic heterocycles. The minimum Gasteiger partial charge on any atom is -0.469 e. The standard InChI is InChI=1S/C17H32N4O4/c1-17(2,3)25-16(23)21-12-10-20(11-13-21)15(18)19-9-7-5-6-8-14(22)24-4/h5-13H2,1-4H3,(H2,18,19). The summed E-state index contributed by atoms with van der Waals surface area (Å²) in [6, 6.07) is 0. The van der Waals surface area contributed by atoms with Gasteiger partial charge in [0, 0.05) is 39.1 Å². The largest absolute Gasteiger partial charge is 0.469 e. The van der Waals surface area contributed by atoms with Crippen molar-refractivity contribution >= 4 is 18.0 Å². The highest BCUT2D eigenvalue weighted by atomic mass is 16.6. The van der Waals surface area contributed by atoms with Crippen molar-refractivity contribution in [3.8, 4) is 0 Å². The fraction of sp³-hybridized carbons (Fsp3) is 0.824. The fourth-order valence-electron chi connectivity index (χ4n) is 2.40. The van der Waals surface area contributed by atoms with Gasteiger partial charge in [-0.15, -0.1) is 0 Å². The van der Waals surface area contributed by atoms with Crippen molar-refractivity contribution in [2.45, 2.75) is 52.1 Å². The van der Waals surface area contributed by atoms with E-state index in [9.17, 15) is 9.59 Å². The number of rotatable bonds is 6. The highest BCUT2D eigenvalue weighted by Gasteiger charge is 2.26. The molecular weight excluding hydrogens is 324 g/mol. The summed E-state index contributed by atoms with van der Waals surface area (Å²) < 4.78 is 9.97. The number of amides is 1. The number of carbonyl (C=O) groups is 2. The molecule has 2 N–H and O–H groups in total. The van der Waals surface area contributed by atoms with Crippen LogP contribution in [0.15, 0.2) is 4.99 Å². The molecule has 25 heavy (non-hydrogen) atoms. The molecule has 1 fully saturated rings. The molecule has 1 rings (SSSR count). The highest BCUT2D eigenvalue weighted by Crippen LogP contribution is 2.11. The summed E-state index contributed by atoms with van der Waals surface area (Å²) >= 11 is 0. The Labute approximate surface area is 150 Å². The minimum absolute atomic E-state index is 0.175. The monoisotopic (exact) mass is 356 g/mol. The summed E-state index contributed by atoms with van der Waals surface area (Å²) in [6.07, 6.45) is 2.76. The number of nitrogens with zero attached hydrogens (tertiary/aromatic N) is 3. The summed E-state index contributed by atoms with van der Waals surface area (Å²) in [5, 5.41) is 0. The van der Waals surface area contributed by atoms with Crippen LogP contribution in [0.4, 0.5) is 4.79 Å². The van der Waals surface area contributed by atoms with Crippen LogP contribution in [0.25, 0.3) is 0 Å². The van der Waals surface area contributed by atoms with Crippen molar-refractivity contribution < 1.29 is 19.1 Å². The normalized spacial score (nSPS) is 15.9. The molecule has 1 heterocycles. The van der Waals surface area contributed by atoms with Gasteiger partial charge in [0.05, 0.1) is 7.11 Å². The summed E-state index contributed by atoms with van der Waals surface area (Å²) in [6.45, 7) is 8.66. The van der Waals surface area contributed by atoms with Crippen LogP contribution in [-0.4, -0.2) is 73.3 Å². The van der Waals surface area contributed by atoms with Crippen molar-refractivity contribution in [2.24, 2.45) is 10.7 Å². The number of guanidine groups is 1. The van der Waals surface area contributed by atoms with Crippen LogP contribution >= 0.6 is 0 Å². The van der Waals surface area contributed by atoms with Crippen LogP contribution in [0.2, 0.25) is 0 Å². The Balaban J connectivity index is 2.25. The van der Waals surface area contributed by atoms with Crippen LogP contribution in [0.5, 0.6) is 0 Å². The maximum Gasteiger partial charge on any atom is 0.410 e. The van der Waals surface area contributed by atoms with E-state index in [2.05, 4.69) is 9.73 Å². The predicted octanol–water partition coefficient (Wildman–Crippen LogP) is 1.59. The quantitative estimate of drug-likeness (QED) is 0.336. The van der Waals surface area contributed by atoms with E-state index in [1.54, 1.807) is 4.90 Å². The second-order valence-electron chi connectivity index (χ2n) is 7.08. The predicted molar refractivity (Wildman–Crippen MR) is 96.4 cm³/mol. The first-order chi connectivity index (χ1) is 11.7. The number of nitrogens with two attached hydrogens (primary N) is 1. The minimum atomic E-state index is -0.484. The number of carbonyl (C=O) groups excluding carboxylic acids is 2. The zero-order valence-electron chi connectivity index (χ0n) is 15.9. The number of ether oxygens (including phenoxy) is 2. The maximum absolute atomic E-state index is 12.0. The van der Waals surface area contributed by atoms with Gasteiger partial charge in [-0.25, -0.2) is 4.79 Å². The molecule has 0 aromatic carbocycles. The van der Waals surface area contributed by atoms with Gasteiger partial charge in [0.25, 0.3) is 0 Å². The van der Waals surface area contributed by atoms with Gasteiger partial charge >= 0.3 is 12.1 Å². The highest BCUT2D eigenvalue weighted by molar-refractivity contribution is 5.78. The van der Waals surface area contributed by atoms with E-state index >= 15 is 0 Å². The van der Waals surface area contributed by atoms with Crippen LogP contribution < -0.4 is 5.73 Å². The first-order valence-electron chi connectivity index (χ1n) is 8.82. The van der Waals surface area contributed by atoms with Crippen molar-refractivity contribution in [3.05, 3.63) is 0 Å². The van der Waals surface area contributed by atoms with Crippen LogP contribution in [0.1, 0.15) is 46.5 Å². The zero-order valence-corrected chi connectivity index (χ0v) is 15.9. The van der Waals surface area contributed by atoms with Gasteiger partial charge in [0.2, 0.25) is 0 Å². The first kappa shape index (κ1) is 21.1. The Bertz CT molecular complexity index is 466. The van der Waals surface area contributed by atoms with Gasteiger partial charge in [-0.3, -0.25) is 9.79 Å². The van der Waals surface area contributed by atoms with E-state index in [0.717, 1.165) is 19.3 Å². The third-order valence-electron chi connectivity index (χ3n) is 3.80. The molecule has 1 amide bonds. The van der Waals surface area contributed by atoms with Gasteiger partial charge in [-0.2, -0.15) is 0 Å². The summed E-state index contributed by atoms with van der Waals surface area (Å²) in [7, 11) is 1.40. The smallest absolute Gasteiger partial charge is 0.410 e. The van der Waals surface area contributed by atoms with Crippen molar-refractivity contribution in [3.63, 3.8) is 0 Å². The molecule has 1 saturated heterocycles. The number of piperazine rings is 1. The van der Waals surface area contributed by atoms with Gasteiger partial charge in [0.15, 0.2) is 5.96 Å². The van der Waals surface area contributed by atoms with E-state index in [1.807, 2.05) is 25.7 Å². The molecule has 0 aromatic rings. The summed E-state index contributed by atoms with van der Waals surface area (Å²) in [4.78, 5) is 31.1. The average molecular weight is 356 g/mol. The Morgan fingerprint density at radius 3 is 2.20 bits per heavy atom. The summed E-state index contributed by atoms with van der Waals surface area (Å²) in [5.74, 6) is 0.336. The van der Waals surface area contributed by atoms with Gasteiger partial charge in [0.1, 0.15) is 5.60 Å². The molecule has 8 nitrogen and oxygen atoms in total. The van der Waals surface area contributed by atoms with Crippen molar-refractivity contribution in [1.82, 2.24) is 9.80 Å². The second-order valence-corrected chi connectivity index (χ2v) is 7.08. The third-order valence-corrected chi connectivity index (χ3v) is 3.80. The molecule has 0 radical (unpaired) electrons. The molecule has 0 aliphatic carbocycles. The second kappa shape index (κ2) is 10.1. The Hall–Kier alpha value is -1.99. The Morgan fingerprint density at radius 2 is 1.64 bits per heavy atom. The van der Waals surface area contributed by atoms with Gasteiger partial charge in [-0.1, -0.05) is 6.42 Å². The number of aliphatic imine (C=N–C) groups is 1. The van der Waals surface area contributed by atoms with Gasteiger partial charge in [-0.05, 0) is 33.6 Å². The van der Waals surface area contributed by atoms with E-state index < -0.39 is 5.60 Å². The number of hydrogen-bond acceptors (Lipinski definition) is 5. The molecule has 0 atom stereocenters. The fourth-order valence-corrected chi connectivity index (χ4v) is 2.40. The molecule has 0 spiro atoms. The number of esters is 1. The zero-order chi connectivity index (χ0) is 18.9. The van der Waals surface area contributed by atoms with E-state index in [1.165, 1.54) is 7.11 Å². The Morgan fingerprint density at radius 1 is 1.04 bits per heavy atom. The van der Waals surface area contributed by atoms with E-state index in [4.69, 9.17) is 10.5 Å². The molecule has 1 aliphatic heterocycles. The lowest BCUT2D eigenvalue weighted by atomic mass is 10.2. The number of hydrogen-bond donors (Lipinski definition) is 1. The molecule has 8 heteroatoms. The van der Waals surface area contributed by atoms with E-state index in [0.29, 0.717) is 45.1 Å². The molecule has 1 aliphatic rings. The van der Waals surface area contributed by atoms with Crippen molar-refractivity contribution in [1.29, 1.82) is 0 Å². The molecular formula is C17H32N4O4. The summed E-state index contributed by atoms with van der Waals surface area (Å²) in [5.41, 5.74) is 5.54. The molecule has 0 saturated carbocycles. The number of unbranched alkanes of at least 4 members (excludes halogenated alkanes) is 2. The molecule has 144 valence electrons. The Kier molecular flexibility index (Phi) is 8.51. The first-order valence-corrected chi connectivity index (χ1v) is 8.82. The van der Waals surface area contributed by atoms with Gasteiger partial charge < -0.3 is 25.0 Å². The maximum atomic E-state index is 12.0. The lowest BCUT2D eigenvalue weighted by Gasteiger charge is -2.36. The molecule has 0 unspecified atom stereocenters. The third kappa shape index (κ3) is 8.60. The lowest BCUT2D eigenvalue weighted by Crippen LogP contribution is -2.53. The van der Waals surface area contributed by atoms with E-state index in [-0.39, 0.29) is 12.1 Å². The number of methoxy groups -OCH3 is 1. The van der Waals surface area contributed by atoms with Crippen molar-refractivity contribution in [2.75, 3.05) is 39.8 Å². The van der Waals surface area contributed by atoms with Crippen LogP contribution in [0.3, 0.4) is 0 Å². The SMILES string of the molecule is COC(=O)CCCCCN=C(N)N1CCN(C(=O)OC(C)(C)C)CC1.